The molecule has 7 heteroatoms. The molecule has 1 unspecified atom stereocenters. The number of Topliss-reactive ketones (excluding diaryl/α,β-unsaturated/α-hetero) is 1. The van der Waals surface area contributed by atoms with Crippen LogP contribution in [0.2, 0.25) is 5.02 Å². The van der Waals surface area contributed by atoms with Gasteiger partial charge in [-0.05, 0) is 49.6 Å². The van der Waals surface area contributed by atoms with E-state index < -0.39 is 0 Å². The number of halogens is 1. The van der Waals surface area contributed by atoms with Gasteiger partial charge in [0.25, 0.3) is 0 Å². The predicted molar refractivity (Wildman–Crippen MR) is 125 cm³/mol. The first-order valence-corrected chi connectivity index (χ1v) is 11.2. The van der Waals surface area contributed by atoms with E-state index in [9.17, 15) is 4.79 Å². The van der Waals surface area contributed by atoms with E-state index in [0.29, 0.717) is 10.7 Å². The van der Waals surface area contributed by atoms with Gasteiger partial charge in [0.1, 0.15) is 11.9 Å². The summed E-state index contributed by atoms with van der Waals surface area (Å²) in [5.74, 6) is 0.289. The minimum absolute atomic E-state index is 0.0692. The van der Waals surface area contributed by atoms with Crippen LogP contribution in [0.25, 0.3) is 11.3 Å². The number of pyridine rings is 1. The lowest BCUT2D eigenvalue weighted by Crippen LogP contribution is -2.07. The fraction of sp³-hybridized carbons (Fsp3) is 0.348. The van der Waals surface area contributed by atoms with Crippen LogP contribution in [0.5, 0.6) is 5.06 Å². The monoisotopic (exact) mass is 445 g/mol. The Morgan fingerprint density at radius 2 is 1.90 bits per heavy atom. The van der Waals surface area contributed by atoms with E-state index >= 15 is 0 Å². The van der Waals surface area contributed by atoms with Gasteiger partial charge in [-0.15, -0.1) is 0 Å². The van der Waals surface area contributed by atoms with Crippen LogP contribution >= 0.6 is 23.1 Å². The topological polar surface area (TPSA) is 78.1 Å². The number of ketones is 1. The van der Waals surface area contributed by atoms with Crippen molar-refractivity contribution in [2.24, 2.45) is 0 Å². The summed E-state index contributed by atoms with van der Waals surface area (Å²) in [6.07, 6.45) is 7.06. The van der Waals surface area contributed by atoms with Crippen molar-refractivity contribution in [1.29, 1.82) is 0 Å². The summed E-state index contributed by atoms with van der Waals surface area (Å²) < 4.78 is 10.6. The molecule has 3 rings (SSSR count). The van der Waals surface area contributed by atoms with Gasteiger partial charge in [0.2, 0.25) is 0 Å². The van der Waals surface area contributed by atoms with E-state index in [1.54, 1.807) is 19.3 Å². The number of anilines is 1. The van der Waals surface area contributed by atoms with Crippen molar-refractivity contribution in [3.05, 3.63) is 59.4 Å². The molecule has 1 atom stereocenters. The maximum absolute atomic E-state index is 10.0. The molecule has 1 aromatic carbocycles. The zero-order chi connectivity index (χ0) is 21.9. The second-order valence-electron chi connectivity index (χ2n) is 6.90. The van der Waals surface area contributed by atoms with E-state index in [2.05, 4.69) is 16.3 Å². The fourth-order valence-corrected chi connectivity index (χ4v) is 3.57. The van der Waals surface area contributed by atoms with Crippen LogP contribution in [0.3, 0.4) is 0 Å². The molecular formula is C23H28ClN3O2S. The summed E-state index contributed by atoms with van der Waals surface area (Å²) >= 11 is 7.37. The maximum atomic E-state index is 10.0. The van der Waals surface area contributed by atoms with Crippen LogP contribution in [0.1, 0.15) is 58.1 Å². The minimum Gasteiger partial charge on any atom is -0.475 e. The first-order valence-electron chi connectivity index (χ1n) is 10.0. The number of nitrogens with zero attached hydrogens (tertiary/aromatic N) is 2. The van der Waals surface area contributed by atoms with Gasteiger partial charge in [-0.3, -0.25) is 4.98 Å². The number of nitrogens with two attached hydrogens (primary N) is 1. The van der Waals surface area contributed by atoms with Crippen LogP contribution in [-0.4, -0.2) is 15.1 Å². The molecule has 0 saturated heterocycles. The predicted octanol–water partition coefficient (Wildman–Crippen LogP) is 6.74. The zero-order valence-electron chi connectivity index (χ0n) is 17.6. The summed E-state index contributed by atoms with van der Waals surface area (Å²) in [5.41, 5.74) is 9.44. The third kappa shape index (κ3) is 7.43. The van der Waals surface area contributed by atoms with E-state index in [4.69, 9.17) is 22.1 Å². The van der Waals surface area contributed by atoms with Gasteiger partial charge in [-0.2, -0.15) is 4.37 Å². The number of aromatic nitrogens is 2. The summed E-state index contributed by atoms with van der Waals surface area (Å²) in [5, 5.41) is 1.35. The average Bonchev–Trinajstić information content (AvgIpc) is 3.19. The molecule has 5 nitrogen and oxygen atoms in total. The summed E-state index contributed by atoms with van der Waals surface area (Å²) in [4.78, 5) is 14.1. The number of ether oxygens (including phenoxy) is 1. The highest BCUT2D eigenvalue weighted by molar-refractivity contribution is 7.08. The molecule has 2 heterocycles. The van der Waals surface area contributed by atoms with Crippen molar-refractivity contribution in [1.82, 2.24) is 9.36 Å². The highest BCUT2D eigenvalue weighted by atomic mass is 35.5. The number of carbonyl (C=O) groups excluding carboxylic acids is 1. The normalized spacial score (nSPS) is 11.3. The van der Waals surface area contributed by atoms with Gasteiger partial charge < -0.3 is 15.3 Å². The Morgan fingerprint density at radius 1 is 1.17 bits per heavy atom. The second-order valence-corrected chi connectivity index (χ2v) is 8.07. The van der Waals surface area contributed by atoms with Gasteiger partial charge in [-0.25, -0.2) is 0 Å². The number of hydrogen-bond acceptors (Lipinski definition) is 6. The Bertz CT molecular complexity index is 931. The Morgan fingerprint density at radius 3 is 2.47 bits per heavy atom. The van der Waals surface area contributed by atoms with E-state index in [1.807, 2.05) is 43.3 Å². The summed E-state index contributed by atoms with van der Waals surface area (Å²) in [6, 6.07) is 11.5. The molecule has 30 heavy (non-hydrogen) atoms. The molecule has 0 spiro atoms. The molecule has 0 aliphatic carbocycles. The van der Waals surface area contributed by atoms with Crippen LogP contribution in [0.15, 0.2) is 48.8 Å². The average molecular weight is 446 g/mol. The first kappa shape index (κ1) is 23.8. The van der Waals surface area contributed by atoms with Crippen molar-refractivity contribution in [3.8, 4) is 16.3 Å². The first-order chi connectivity index (χ1) is 14.4. The van der Waals surface area contributed by atoms with Gasteiger partial charge in [0.05, 0.1) is 16.4 Å². The number of hydrogen-bond donors (Lipinski definition) is 1. The molecule has 3 aromatic rings. The number of carbonyl (C=O) groups is 1. The van der Waals surface area contributed by atoms with Crippen molar-refractivity contribution < 1.29 is 9.53 Å². The van der Waals surface area contributed by atoms with Crippen LogP contribution in [0, 0.1) is 0 Å². The summed E-state index contributed by atoms with van der Waals surface area (Å²) in [7, 11) is 0. The van der Waals surface area contributed by atoms with Crippen molar-refractivity contribution in [2.75, 3.05) is 5.73 Å². The minimum atomic E-state index is -0.0692. The highest BCUT2D eigenvalue weighted by Gasteiger charge is 2.16. The highest BCUT2D eigenvalue weighted by Crippen LogP contribution is 2.33. The fourth-order valence-electron chi connectivity index (χ4n) is 2.78. The lowest BCUT2D eigenvalue weighted by molar-refractivity contribution is -0.117. The van der Waals surface area contributed by atoms with E-state index in [-0.39, 0.29) is 11.9 Å². The Hall–Kier alpha value is -2.44. The number of benzene rings is 1. The Balaban J connectivity index is 0.000000469. The number of nitrogen functional groups attached to an aromatic ring is 1. The Kier molecular flexibility index (Phi) is 9.77. The smallest absolute Gasteiger partial charge is 0.194 e. The standard InChI is InChI=1S/C18H18ClN3OS.C5H10O/c1-2-3-17(13-4-5-14(19)15(20)10-13)23-18-11-16(22-24-18)12-6-8-21-9-7-12;1-3-4-5(2)6/h4-11,17H,2-3,20H2,1H3;3-4H2,1-2H3. The van der Waals surface area contributed by atoms with E-state index in [0.717, 1.165) is 47.6 Å². The maximum Gasteiger partial charge on any atom is 0.194 e. The SMILES string of the molecule is CCCC(C)=O.CCCC(Oc1cc(-c2ccncc2)ns1)c1ccc(Cl)c(N)c1. The quantitative estimate of drug-likeness (QED) is 0.388. The molecule has 0 saturated carbocycles. The van der Waals surface area contributed by atoms with E-state index in [1.165, 1.54) is 11.5 Å². The lowest BCUT2D eigenvalue weighted by Gasteiger charge is -2.18. The molecule has 0 fully saturated rings. The van der Waals surface area contributed by atoms with Crippen LogP contribution < -0.4 is 10.5 Å². The lowest BCUT2D eigenvalue weighted by atomic mass is 10.0. The van der Waals surface area contributed by atoms with Crippen LogP contribution in [-0.2, 0) is 4.79 Å². The molecule has 160 valence electrons. The molecule has 2 aromatic heterocycles. The molecule has 2 N–H and O–H groups in total. The molecule has 0 bridgehead atoms. The third-order valence-electron chi connectivity index (χ3n) is 4.27. The van der Waals surface area contributed by atoms with Crippen molar-refractivity contribution >= 4 is 34.6 Å². The third-order valence-corrected chi connectivity index (χ3v) is 5.29. The molecule has 0 amide bonds. The van der Waals surface area contributed by atoms with Crippen molar-refractivity contribution in [3.63, 3.8) is 0 Å². The second kappa shape index (κ2) is 12.3. The summed E-state index contributed by atoms with van der Waals surface area (Å²) in [6.45, 7) is 5.75. The molecular weight excluding hydrogens is 418 g/mol. The van der Waals surface area contributed by atoms with Gasteiger partial charge in [0, 0.05) is 42.0 Å². The molecule has 0 aliphatic rings. The number of rotatable bonds is 8. The molecule has 0 radical (unpaired) electrons. The largest absolute Gasteiger partial charge is 0.475 e. The van der Waals surface area contributed by atoms with Crippen molar-refractivity contribution in [2.45, 2.75) is 52.6 Å². The van der Waals surface area contributed by atoms with Crippen LogP contribution in [0.4, 0.5) is 5.69 Å². The zero-order valence-corrected chi connectivity index (χ0v) is 19.2. The molecule has 0 aliphatic heterocycles. The van der Waals surface area contributed by atoms with Gasteiger partial charge in [-0.1, -0.05) is 37.9 Å². The van der Waals surface area contributed by atoms with Gasteiger partial charge >= 0.3 is 0 Å². The Labute approximate surface area is 187 Å². The van der Waals surface area contributed by atoms with Gasteiger partial charge in [0.15, 0.2) is 5.06 Å².